The number of benzene rings is 1. The van der Waals surface area contributed by atoms with Crippen LogP contribution >= 0.6 is 23.2 Å². The molecule has 188 valence electrons. The Kier molecular flexibility index (Phi) is 7.71. The monoisotopic (exact) mass is 526 g/mol. The third-order valence-corrected chi connectivity index (χ3v) is 7.55. The molecule has 10 heteroatoms. The molecule has 0 spiro atoms. The number of carbonyl (C=O) groups excluding carboxylic acids is 1. The summed E-state index contributed by atoms with van der Waals surface area (Å²) in [5.41, 5.74) is 1.82. The topological polar surface area (TPSA) is 70.1 Å². The summed E-state index contributed by atoms with van der Waals surface area (Å²) in [6.45, 7) is 0.258. The number of carboxylic acid groups (broad SMARTS) is 1. The minimum Gasteiger partial charge on any atom is -0.481 e. The largest absolute Gasteiger partial charge is 0.481 e. The molecule has 4 rings (SSSR count). The molecule has 2 unspecified atom stereocenters. The summed E-state index contributed by atoms with van der Waals surface area (Å²) in [6.07, 6.45) is 8.43. The number of amides is 1. The molecule has 0 aromatic heterocycles. The van der Waals surface area contributed by atoms with E-state index in [1.165, 1.54) is 0 Å². The van der Waals surface area contributed by atoms with Crippen LogP contribution in [0.2, 0.25) is 10.0 Å². The van der Waals surface area contributed by atoms with Gasteiger partial charge in [0.25, 0.3) is 5.91 Å². The molecular weight excluding hydrogens is 501 g/mol. The van der Waals surface area contributed by atoms with E-state index in [1.54, 1.807) is 29.2 Å². The van der Waals surface area contributed by atoms with Gasteiger partial charge in [0.05, 0.1) is 16.6 Å². The molecule has 0 radical (unpaired) electrons. The minimum absolute atomic E-state index is 0.0650. The normalized spacial score (nSPS) is 22.2. The van der Waals surface area contributed by atoms with E-state index in [2.05, 4.69) is 4.74 Å². The predicted molar refractivity (Wildman–Crippen MR) is 128 cm³/mol. The number of hydrogen-bond acceptors (Lipinski definition) is 4. The van der Waals surface area contributed by atoms with Crippen molar-refractivity contribution in [3.63, 3.8) is 0 Å². The first-order valence-corrected chi connectivity index (χ1v) is 12.2. The Hall–Kier alpha value is -2.58. The minimum atomic E-state index is -2.89. The average Bonchev–Trinajstić information content (AvgIpc) is 3.19. The lowest BCUT2D eigenvalue weighted by Gasteiger charge is -2.33. The van der Waals surface area contributed by atoms with Crippen molar-refractivity contribution < 1.29 is 28.2 Å². The molecule has 0 saturated carbocycles. The van der Waals surface area contributed by atoms with Crippen molar-refractivity contribution in [3.05, 3.63) is 69.1 Å². The van der Waals surface area contributed by atoms with Crippen LogP contribution in [0.25, 0.3) is 0 Å². The van der Waals surface area contributed by atoms with Gasteiger partial charge in [-0.05, 0) is 61.7 Å². The molecular formula is C25H26Cl2F2N2O4. The number of ether oxygens (including phenoxy) is 1. The average molecular weight is 527 g/mol. The summed E-state index contributed by atoms with van der Waals surface area (Å²) in [7, 11) is 0. The lowest BCUT2D eigenvalue weighted by Crippen LogP contribution is -2.39. The number of allylic oxidation sites excluding steroid dienone is 1. The molecule has 1 fully saturated rings. The van der Waals surface area contributed by atoms with Gasteiger partial charge in [-0.25, -0.2) is 0 Å². The number of carboxylic acids is 1. The number of alkyl halides is 2. The fraction of sp³-hybridized carbons (Fsp3) is 0.440. The van der Waals surface area contributed by atoms with E-state index in [0.29, 0.717) is 48.6 Å². The van der Waals surface area contributed by atoms with Crippen molar-refractivity contribution >= 4 is 35.1 Å². The van der Waals surface area contributed by atoms with E-state index in [4.69, 9.17) is 28.3 Å². The maximum Gasteiger partial charge on any atom is 0.387 e. The van der Waals surface area contributed by atoms with Gasteiger partial charge in [-0.2, -0.15) is 8.78 Å². The molecule has 1 aromatic rings. The Morgan fingerprint density at radius 3 is 2.60 bits per heavy atom. The number of likely N-dealkylation sites (tertiary alicyclic amines) is 1. The van der Waals surface area contributed by atoms with Crippen molar-refractivity contribution in [1.82, 2.24) is 9.80 Å². The summed E-state index contributed by atoms with van der Waals surface area (Å²) >= 11 is 13.2. The van der Waals surface area contributed by atoms with Gasteiger partial charge in [0.15, 0.2) is 0 Å². The third-order valence-electron chi connectivity index (χ3n) is 6.76. The van der Waals surface area contributed by atoms with Crippen LogP contribution in [0, 0.1) is 11.8 Å². The van der Waals surface area contributed by atoms with Gasteiger partial charge < -0.3 is 19.6 Å². The maximum absolute atomic E-state index is 13.2. The van der Waals surface area contributed by atoms with Crippen LogP contribution in [-0.4, -0.2) is 52.5 Å². The number of nitrogens with zero attached hydrogens (tertiary/aromatic N) is 2. The molecule has 35 heavy (non-hydrogen) atoms. The van der Waals surface area contributed by atoms with Crippen molar-refractivity contribution in [2.45, 2.75) is 45.4 Å². The molecule has 6 nitrogen and oxygen atoms in total. The summed E-state index contributed by atoms with van der Waals surface area (Å²) < 4.78 is 29.9. The first-order chi connectivity index (χ1) is 16.6. The molecule has 1 saturated heterocycles. The Labute approximate surface area is 212 Å². The summed E-state index contributed by atoms with van der Waals surface area (Å²) in [6, 6.07) is 3.17. The molecule has 2 aliphatic heterocycles. The second-order valence-corrected chi connectivity index (χ2v) is 9.88. The van der Waals surface area contributed by atoms with Crippen molar-refractivity contribution in [1.29, 1.82) is 0 Å². The molecule has 2 atom stereocenters. The van der Waals surface area contributed by atoms with Gasteiger partial charge in [-0.15, -0.1) is 0 Å². The zero-order chi connectivity index (χ0) is 25.3. The summed E-state index contributed by atoms with van der Waals surface area (Å²) in [4.78, 5) is 27.9. The fourth-order valence-corrected chi connectivity index (χ4v) is 5.63. The summed E-state index contributed by atoms with van der Waals surface area (Å²) in [5, 5.41) is 9.71. The van der Waals surface area contributed by atoms with Gasteiger partial charge in [0.2, 0.25) is 0 Å². The van der Waals surface area contributed by atoms with Crippen LogP contribution in [0.5, 0.6) is 0 Å². The lowest BCUT2D eigenvalue weighted by molar-refractivity contribution is -0.138. The number of hydrogen-bond donors (Lipinski definition) is 1. The first-order valence-electron chi connectivity index (χ1n) is 11.4. The maximum atomic E-state index is 13.2. The third kappa shape index (κ3) is 5.64. The molecule has 1 N–H and O–H groups in total. The molecule has 0 bridgehead atoms. The number of aliphatic carboxylic acids is 1. The highest BCUT2D eigenvalue weighted by Gasteiger charge is 2.34. The highest BCUT2D eigenvalue weighted by atomic mass is 35.5. The van der Waals surface area contributed by atoms with E-state index < -0.39 is 12.6 Å². The van der Waals surface area contributed by atoms with Crippen LogP contribution in [-0.2, 0) is 16.1 Å². The second-order valence-electron chi connectivity index (χ2n) is 9.09. The molecule has 3 aliphatic rings. The zero-order valence-corrected chi connectivity index (χ0v) is 20.6. The van der Waals surface area contributed by atoms with E-state index in [-0.39, 0.29) is 41.0 Å². The predicted octanol–water partition coefficient (Wildman–Crippen LogP) is 5.72. The Bertz CT molecular complexity index is 1100. The van der Waals surface area contributed by atoms with Crippen molar-refractivity contribution in [3.8, 4) is 0 Å². The highest BCUT2D eigenvalue weighted by Crippen LogP contribution is 2.38. The molecule has 2 heterocycles. The number of halogens is 4. The molecule has 1 aliphatic carbocycles. The lowest BCUT2D eigenvalue weighted by atomic mass is 9.89. The summed E-state index contributed by atoms with van der Waals surface area (Å²) in [5.74, 6) is -0.962. The quantitative estimate of drug-likeness (QED) is 0.492. The zero-order valence-electron chi connectivity index (χ0n) is 19.1. The smallest absolute Gasteiger partial charge is 0.387 e. The van der Waals surface area contributed by atoms with Gasteiger partial charge in [0.1, 0.15) is 5.76 Å². The second kappa shape index (κ2) is 10.6. The molecule has 1 aromatic carbocycles. The van der Waals surface area contributed by atoms with Crippen molar-refractivity contribution in [2.75, 3.05) is 13.1 Å². The van der Waals surface area contributed by atoms with E-state index >= 15 is 0 Å². The first kappa shape index (κ1) is 25.5. The number of carbonyl (C=O) groups is 2. The van der Waals surface area contributed by atoms with E-state index in [1.807, 2.05) is 24.1 Å². The number of fused-ring (bicyclic) bond motifs is 1. The van der Waals surface area contributed by atoms with Crippen LogP contribution in [0.15, 0.2) is 47.9 Å². The fourth-order valence-electron chi connectivity index (χ4n) is 5.06. The van der Waals surface area contributed by atoms with E-state index in [0.717, 1.165) is 5.57 Å². The van der Waals surface area contributed by atoms with Crippen LogP contribution in [0.1, 0.15) is 42.1 Å². The van der Waals surface area contributed by atoms with E-state index in [9.17, 15) is 18.4 Å². The van der Waals surface area contributed by atoms with Crippen molar-refractivity contribution in [2.24, 2.45) is 11.8 Å². The van der Waals surface area contributed by atoms with Gasteiger partial charge in [-0.1, -0.05) is 29.3 Å². The molecule has 1 amide bonds. The van der Waals surface area contributed by atoms with Gasteiger partial charge >= 0.3 is 12.6 Å². The van der Waals surface area contributed by atoms with Crippen LogP contribution in [0.4, 0.5) is 8.78 Å². The van der Waals surface area contributed by atoms with Crippen LogP contribution < -0.4 is 0 Å². The Balaban J connectivity index is 1.48. The standard InChI is InChI=1S/C25H26Cl2F2N2O4/c1-14-10-17(35-25(28)29)12-16-6-9-31(23(14)16)13-19-20(26)3-2-18(22(19)27)24(34)30-7-4-15(5-8-30)11-21(32)33/h2-3,6,9-10,12,15-16,23,25H,4-5,7-8,11,13H2,1H3,(H,32,33). The number of rotatable bonds is 7. The van der Waals surface area contributed by atoms with Gasteiger partial charge in [-0.3, -0.25) is 9.59 Å². The SMILES string of the molecule is CC1=CC(OC(F)F)=CC2C=CN(Cc3c(Cl)ccc(C(=O)N4CCC(CC(=O)O)CC4)c3Cl)C12. The number of piperidine rings is 1. The Morgan fingerprint density at radius 1 is 1.23 bits per heavy atom. The highest BCUT2D eigenvalue weighted by molar-refractivity contribution is 6.38. The van der Waals surface area contributed by atoms with Gasteiger partial charge in [0, 0.05) is 42.6 Å². The van der Waals surface area contributed by atoms with Crippen LogP contribution in [0.3, 0.4) is 0 Å². The Morgan fingerprint density at radius 2 is 1.94 bits per heavy atom.